The number of hydrogen-bond acceptors (Lipinski definition) is 3. The van der Waals surface area contributed by atoms with Crippen molar-refractivity contribution in [2.24, 2.45) is 0 Å². The molecule has 2 heterocycles. The van der Waals surface area contributed by atoms with E-state index in [0.29, 0.717) is 12.6 Å². The first-order valence-corrected chi connectivity index (χ1v) is 9.65. The van der Waals surface area contributed by atoms with Gasteiger partial charge in [0.25, 0.3) is 0 Å². The van der Waals surface area contributed by atoms with Crippen LogP contribution < -0.4 is 5.32 Å². The number of nitrogens with one attached hydrogen (secondary N) is 1. The molecule has 3 rings (SSSR count). The zero-order chi connectivity index (χ0) is 17.1. The summed E-state index contributed by atoms with van der Waals surface area (Å²) in [7, 11) is 0. The summed E-state index contributed by atoms with van der Waals surface area (Å²) in [6.07, 6.45) is 2.09. The number of hydrogen-bond donors (Lipinski definition) is 1. The molecule has 128 valence electrons. The SMILES string of the molecule is CCc1ccc([C@H](C)NC(=O)CN2CCc3sccc3[C@H]2C)cc1. The first-order valence-electron chi connectivity index (χ1n) is 8.77. The summed E-state index contributed by atoms with van der Waals surface area (Å²) < 4.78 is 0. The third kappa shape index (κ3) is 3.70. The molecule has 1 aliphatic rings. The largest absolute Gasteiger partial charge is 0.348 e. The van der Waals surface area contributed by atoms with E-state index in [1.165, 1.54) is 16.0 Å². The Morgan fingerprint density at radius 3 is 2.79 bits per heavy atom. The minimum atomic E-state index is 0.0419. The van der Waals surface area contributed by atoms with Crippen LogP contribution in [0.1, 0.15) is 54.4 Å². The Morgan fingerprint density at radius 2 is 2.08 bits per heavy atom. The maximum absolute atomic E-state index is 12.5. The molecule has 0 spiro atoms. The average molecular weight is 343 g/mol. The Hall–Kier alpha value is -1.65. The van der Waals surface area contributed by atoms with Gasteiger partial charge in [0.15, 0.2) is 0 Å². The van der Waals surface area contributed by atoms with Crippen molar-refractivity contribution in [3.05, 3.63) is 57.3 Å². The fourth-order valence-electron chi connectivity index (χ4n) is 3.37. The smallest absolute Gasteiger partial charge is 0.234 e. The van der Waals surface area contributed by atoms with Gasteiger partial charge in [-0.05, 0) is 54.8 Å². The van der Waals surface area contributed by atoms with Crippen LogP contribution >= 0.6 is 11.3 Å². The van der Waals surface area contributed by atoms with E-state index in [9.17, 15) is 4.79 Å². The predicted molar refractivity (Wildman–Crippen MR) is 100 cm³/mol. The number of fused-ring (bicyclic) bond motifs is 1. The number of amides is 1. The minimum Gasteiger partial charge on any atom is -0.348 e. The summed E-state index contributed by atoms with van der Waals surface area (Å²) in [5.74, 6) is 0.104. The van der Waals surface area contributed by atoms with Crippen molar-refractivity contribution < 1.29 is 4.79 Å². The van der Waals surface area contributed by atoms with E-state index in [1.807, 2.05) is 11.3 Å². The van der Waals surface area contributed by atoms with Gasteiger partial charge in [-0.15, -0.1) is 11.3 Å². The van der Waals surface area contributed by atoms with Crippen LogP contribution in [0.5, 0.6) is 0 Å². The van der Waals surface area contributed by atoms with E-state index in [1.54, 1.807) is 0 Å². The number of aryl methyl sites for hydroxylation is 1. The predicted octanol–water partition coefficient (Wildman–Crippen LogP) is 4.11. The molecular weight excluding hydrogens is 316 g/mol. The summed E-state index contributed by atoms with van der Waals surface area (Å²) in [6.45, 7) is 7.83. The lowest BCUT2D eigenvalue weighted by Gasteiger charge is -2.33. The van der Waals surface area contributed by atoms with E-state index < -0.39 is 0 Å². The Bertz CT molecular complexity index is 692. The number of benzene rings is 1. The Kier molecular flexibility index (Phi) is 5.36. The summed E-state index contributed by atoms with van der Waals surface area (Å²) in [5, 5.41) is 5.30. The molecule has 24 heavy (non-hydrogen) atoms. The monoisotopic (exact) mass is 342 g/mol. The molecule has 0 bridgehead atoms. The third-order valence-corrected chi connectivity index (χ3v) is 6.01. The second-order valence-electron chi connectivity index (χ2n) is 6.58. The van der Waals surface area contributed by atoms with Crippen molar-refractivity contribution >= 4 is 17.2 Å². The molecule has 2 aromatic rings. The summed E-state index contributed by atoms with van der Waals surface area (Å²) in [6, 6.07) is 11.1. The van der Waals surface area contributed by atoms with Crippen molar-refractivity contribution in [1.29, 1.82) is 0 Å². The summed E-state index contributed by atoms with van der Waals surface area (Å²) in [5.41, 5.74) is 3.88. The Labute approximate surface area is 148 Å². The molecule has 0 aliphatic carbocycles. The molecule has 2 atom stereocenters. The van der Waals surface area contributed by atoms with Crippen LogP contribution in [0.3, 0.4) is 0 Å². The zero-order valence-electron chi connectivity index (χ0n) is 14.7. The molecule has 1 aromatic carbocycles. The van der Waals surface area contributed by atoms with Crippen molar-refractivity contribution in [2.75, 3.05) is 13.1 Å². The van der Waals surface area contributed by atoms with Gasteiger partial charge in [0.2, 0.25) is 5.91 Å². The van der Waals surface area contributed by atoms with Crippen LogP contribution in [0.25, 0.3) is 0 Å². The van der Waals surface area contributed by atoms with Crippen molar-refractivity contribution in [2.45, 2.75) is 45.7 Å². The van der Waals surface area contributed by atoms with Gasteiger partial charge in [0.05, 0.1) is 12.6 Å². The van der Waals surface area contributed by atoms with E-state index in [0.717, 1.165) is 24.9 Å². The van der Waals surface area contributed by atoms with Gasteiger partial charge in [-0.3, -0.25) is 9.69 Å². The number of carbonyl (C=O) groups is 1. The van der Waals surface area contributed by atoms with Gasteiger partial charge >= 0.3 is 0 Å². The van der Waals surface area contributed by atoms with Crippen molar-refractivity contribution in [3.63, 3.8) is 0 Å². The molecule has 0 unspecified atom stereocenters. The fraction of sp³-hybridized carbons (Fsp3) is 0.450. The van der Waals surface area contributed by atoms with Crippen molar-refractivity contribution in [3.8, 4) is 0 Å². The van der Waals surface area contributed by atoms with Gasteiger partial charge in [0.1, 0.15) is 0 Å². The van der Waals surface area contributed by atoms with Crippen LogP contribution in [-0.2, 0) is 17.6 Å². The highest BCUT2D eigenvalue weighted by Crippen LogP contribution is 2.32. The normalized spacial score (nSPS) is 18.9. The fourth-order valence-corrected chi connectivity index (χ4v) is 4.34. The van der Waals surface area contributed by atoms with Crippen LogP contribution in [0.2, 0.25) is 0 Å². The van der Waals surface area contributed by atoms with Gasteiger partial charge in [0, 0.05) is 17.5 Å². The van der Waals surface area contributed by atoms with E-state index in [4.69, 9.17) is 0 Å². The third-order valence-electron chi connectivity index (χ3n) is 5.02. The second-order valence-corrected chi connectivity index (χ2v) is 7.58. The van der Waals surface area contributed by atoms with Crippen LogP contribution in [0.4, 0.5) is 0 Å². The zero-order valence-corrected chi connectivity index (χ0v) is 15.5. The molecule has 0 fully saturated rings. The standard InChI is InChI=1S/C20H26N2OS/c1-4-16-5-7-17(8-6-16)14(2)21-20(23)13-22-11-9-19-18(15(22)3)10-12-24-19/h5-8,10,12,14-15H,4,9,11,13H2,1-3H3,(H,21,23)/t14-,15+/m0/s1. The molecule has 4 heteroatoms. The molecule has 3 nitrogen and oxygen atoms in total. The number of nitrogens with zero attached hydrogens (tertiary/aromatic N) is 1. The highest BCUT2D eigenvalue weighted by molar-refractivity contribution is 7.10. The minimum absolute atomic E-state index is 0.0419. The number of thiophene rings is 1. The van der Waals surface area contributed by atoms with Crippen LogP contribution in [0, 0.1) is 0 Å². The van der Waals surface area contributed by atoms with Gasteiger partial charge in [-0.1, -0.05) is 31.2 Å². The van der Waals surface area contributed by atoms with Crippen molar-refractivity contribution in [1.82, 2.24) is 10.2 Å². The summed E-state index contributed by atoms with van der Waals surface area (Å²) in [4.78, 5) is 16.2. The molecule has 0 radical (unpaired) electrons. The van der Waals surface area contributed by atoms with E-state index in [2.05, 4.69) is 66.7 Å². The maximum atomic E-state index is 12.5. The first-order chi connectivity index (χ1) is 11.6. The van der Waals surface area contributed by atoms with Gasteiger partial charge in [-0.2, -0.15) is 0 Å². The molecular formula is C20H26N2OS. The Balaban J connectivity index is 1.57. The van der Waals surface area contributed by atoms with E-state index in [-0.39, 0.29) is 11.9 Å². The molecule has 0 saturated carbocycles. The highest BCUT2D eigenvalue weighted by Gasteiger charge is 2.26. The molecule has 1 aromatic heterocycles. The molecule has 1 N–H and O–H groups in total. The highest BCUT2D eigenvalue weighted by atomic mass is 32.1. The lowest BCUT2D eigenvalue weighted by Crippen LogP contribution is -2.42. The lowest BCUT2D eigenvalue weighted by molar-refractivity contribution is -0.123. The lowest BCUT2D eigenvalue weighted by atomic mass is 10.0. The van der Waals surface area contributed by atoms with Crippen LogP contribution in [-0.4, -0.2) is 23.9 Å². The first kappa shape index (κ1) is 17.2. The molecule has 1 aliphatic heterocycles. The Morgan fingerprint density at radius 1 is 1.33 bits per heavy atom. The topological polar surface area (TPSA) is 32.3 Å². The summed E-state index contributed by atoms with van der Waals surface area (Å²) >= 11 is 1.83. The maximum Gasteiger partial charge on any atom is 0.234 e. The number of rotatable bonds is 5. The quantitative estimate of drug-likeness (QED) is 0.887. The van der Waals surface area contributed by atoms with Crippen LogP contribution in [0.15, 0.2) is 35.7 Å². The second kappa shape index (κ2) is 7.49. The van der Waals surface area contributed by atoms with Gasteiger partial charge < -0.3 is 5.32 Å². The molecule has 1 amide bonds. The van der Waals surface area contributed by atoms with Gasteiger partial charge in [-0.25, -0.2) is 0 Å². The average Bonchev–Trinajstić information content (AvgIpc) is 3.07. The number of carbonyl (C=O) groups excluding carboxylic acids is 1. The van der Waals surface area contributed by atoms with E-state index >= 15 is 0 Å². The molecule has 0 saturated heterocycles.